The third-order valence-corrected chi connectivity index (χ3v) is 4.27. The zero-order chi connectivity index (χ0) is 14.1. The monoisotopic (exact) mass is 287 g/mol. The van der Waals surface area contributed by atoms with E-state index in [0.29, 0.717) is 17.3 Å². The molecule has 1 heterocycles. The number of nitrogens with zero attached hydrogens (tertiary/aromatic N) is 1. The second-order valence-corrected chi connectivity index (χ2v) is 5.91. The number of carbonyl (C=O) groups excluding carboxylic acids is 1. The second kappa shape index (κ2) is 5.17. The molecule has 104 valence electrons. The molecule has 1 amide bonds. The lowest BCUT2D eigenvalue weighted by Gasteiger charge is -2.26. The molecule has 0 spiro atoms. The van der Waals surface area contributed by atoms with Crippen molar-refractivity contribution in [3.8, 4) is 0 Å². The smallest absolute Gasteiger partial charge is 0.248 e. The zero-order valence-corrected chi connectivity index (χ0v) is 11.9. The molecule has 4 N–H and O–H groups in total. The average Bonchev–Trinajstić information content (AvgIpc) is 3.14. The summed E-state index contributed by atoms with van der Waals surface area (Å²) in [5.41, 5.74) is 14.7. The van der Waals surface area contributed by atoms with Gasteiger partial charge in [-0.15, -0.1) is 0 Å². The Balaban J connectivity index is 1.89. The van der Waals surface area contributed by atoms with Gasteiger partial charge in [-0.3, -0.25) is 4.79 Å². The lowest BCUT2D eigenvalue weighted by atomic mass is 10.1. The molecule has 0 bridgehead atoms. The number of rotatable bonds is 5. The molecule has 0 radical (unpaired) electrons. The number of carbonyl (C=O) groups is 1. The predicted molar refractivity (Wildman–Crippen MR) is 82.9 cm³/mol. The summed E-state index contributed by atoms with van der Waals surface area (Å²) in [5.74, 6) is -0.445. The average molecular weight is 287 g/mol. The molecular formula is C15H17N3OS. The Morgan fingerprint density at radius 2 is 2.15 bits per heavy atom. The van der Waals surface area contributed by atoms with Crippen molar-refractivity contribution in [1.82, 2.24) is 0 Å². The highest BCUT2D eigenvalue weighted by Gasteiger charge is 2.30. The summed E-state index contributed by atoms with van der Waals surface area (Å²) in [6, 6.07) is 8.00. The van der Waals surface area contributed by atoms with Gasteiger partial charge in [0.1, 0.15) is 0 Å². The molecule has 1 aromatic carbocycles. The van der Waals surface area contributed by atoms with Crippen LogP contribution in [0.15, 0.2) is 35.0 Å². The fraction of sp³-hybridized carbons (Fsp3) is 0.267. The SMILES string of the molecule is NC(=O)c1ccc(N(Cc2ccsc2)C2CC2)c(N)c1. The van der Waals surface area contributed by atoms with Crippen LogP contribution in [0.3, 0.4) is 0 Å². The first-order chi connectivity index (χ1) is 9.65. The minimum absolute atomic E-state index is 0.445. The standard InChI is InChI=1S/C15H17N3OS/c16-13-7-11(15(17)19)1-4-14(13)18(12-2-3-12)8-10-5-6-20-9-10/h1,4-7,9,12H,2-3,8,16H2,(H2,17,19). The molecule has 4 nitrogen and oxygen atoms in total. The highest BCUT2D eigenvalue weighted by atomic mass is 32.1. The third-order valence-electron chi connectivity index (χ3n) is 3.54. The van der Waals surface area contributed by atoms with Crippen molar-refractivity contribution < 1.29 is 4.79 Å². The van der Waals surface area contributed by atoms with Crippen LogP contribution in [0.4, 0.5) is 11.4 Å². The number of thiophene rings is 1. The Bertz CT molecular complexity index is 620. The molecule has 2 aromatic rings. The van der Waals surface area contributed by atoms with Gasteiger partial charge in [-0.05, 0) is 53.4 Å². The summed E-state index contributed by atoms with van der Waals surface area (Å²) < 4.78 is 0. The number of hydrogen-bond donors (Lipinski definition) is 2. The summed E-state index contributed by atoms with van der Waals surface area (Å²) in [6.07, 6.45) is 2.39. The van der Waals surface area contributed by atoms with Crippen LogP contribution in [-0.2, 0) is 6.54 Å². The first-order valence-electron chi connectivity index (χ1n) is 6.62. The van der Waals surface area contributed by atoms with E-state index in [4.69, 9.17) is 11.5 Å². The Labute approximate surface area is 122 Å². The van der Waals surface area contributed by atoms with E-state index in [1.54, 1.807) is 23.5 Å². The van der Waals surface area contributed by atoms with Crippen LogP contribution in [-0.4, -0.2) is 11.9 Å². The Morgan fingerprint density at radius 3 is 2.70 bits per heavy atom. The van der Waals surface area contributed by atoms with Crippen molar-refractivity contribution in [3.63, 3.8) is 0 Å². The molecule has 1 fully saturated rings. The maximum atomic E-state index is 11.2. The van der Waals surface area contributed by atoms with E-state index >= 15 is 0 Å². The zero-order valence-electron chi connectivity index (χ0n) is 11.1. The topological polar surface area (TPSA) is 72.4 Å². The summed E-state index contributed by atoms with van der Waals surface area (Å²) in [7, 11) is 0. The maximum absolute atomic E-state index is 11.2. The van der Waals surface area contributed by atoms with Gasteiger partial charge >= 0.3 is 0 Å². The van der Waals surface area contributed by atoms with Gasteiger partial charge in [0.05, 0.1) is 11.4 Å². The van der Waals surface area contributed by atoms with Gasteiger partial charge < -0.3 is 16.4 Å². The first-order valence-corrected chi connectivity index (χ1v) is 7.56. The van der Waals surface area contributed by atoms with Crippen LogP contribution >= 0.6 is 11.3 Å². The minimum atomic E-state index is -0.445. The van der Waals surface area contributed by atoms with Crippen LogP contribution < -0.4 is 16.4 Å². The molecular weight excluding hydrogens is 270 g/mol. The Morgan fingerprint density at radius 1 is 1.35 bits per heavy atom. The lowest BCUT2D eigenvalue weighted by Crippen LogP contribution is -2.26. The van der Waals surface area contributed by atoms with Gasteiger partial charge in [0.15, 0.2) is 0 Å². The molecule has 1 saturated carbocycles. The molecule has 5 heteroatoms. The first kappa shape index (κ1) is 13.0. The number of nitrogens with two attached hydrogens (primary N) is 2. The van der Waals surface area contributed by atoms with Gasteiger partial charge in [0, 0.05) is 18.2 Å². The largest absolute Gasteiger partial charge is 0.397 e. The van der Waals surface area contributed by atoms with Gasteiger partial charge in [0.25, 0.3) is 0 Å². The van der Waals surface area contributed by atoms with E-state index in [1.165, 1.54) is 18.4 Å². The number of primary amides is 1. The molecule has 0 saturated heterocycles. The van der Waals surface area contributed by atoms with Crippen molar-refractivity contribution in [2.24, 2.45) is 5.73 Å². The number of benzene rings is 1. The molecule has 20 heavy (non-hydrogen) atoms. The van der Waals surface area contributed by atoms with Crippen LogP contribution in [0.25, 0.3) is 0 Å². The fourth-order valence-corrected chi connectivity index (χ4v) is 3.01. The van der Waals surface area contributed by atoms with Gasteiger partial charge in [-0.2, -0.15) is 11.3 Å². The highest BCUT2D eigenvalue weighted by molar-refractivity contribution is 7.07. The summed E-state index contributed by atoms with van der Waals surface area (Å²) in [6.45, 7) is 0.855. The quantitative estimate of drug-likeness (QED) is 0.830. The van der Waals surface area contributed by atoms with Crippen LogP contribution in [0.1, 0.15) is 28.8 Å². The molecule has 0 unspecified atom stereocenters. The van der Waals surface area contributed by atoms with Crippen molar-refractivity contribution in [2.45, 2.75) is 25.4 Å². The Hall–Kier alpha value is -2.01. The van der Waals surface area contributed by atoms with E-state index in [1.807, 2.05) is 6.07 Å². The summed E-state index contributed by atoms with van der Waals surface area (Å²) in [5, 5.41) is 4.24. The van der Waals surface area contributed by atoms with Crippen molar-refractivity contribution in [1.29, 1.82) is 0 Å². The molecule has 0 aliphatic heterocycles. The van der Waals surface area contributed by atoms with Gasteiger partial charge in [0.2, 0.25) is 5.91 Å². The fourth-order valence-electron chi connectivity index (χ4n) is 2.35. The van der Waals surface area contributed by atoms with E-state index in [9.17, 15) is 4.79 Å². The van der Waals surface area contributed by atoms with Crippen molar-refractivity contribution in [2.75, 3.05) is 10.6 Å². The molecule has 3 rings (SSSR count). The number of nitrogen functional groups attached to an aromatic ring is 1. The van der Waals surface area contributed by atoms with Crippen molar-refractivity contribution in [3.05, 3.63) is 46.2 Å². The van der Waals surface area contributed by atoms with E-state index in [2.05, 4.69) is 21.7 Å². The van der Waals surface area contributed by atoms with Crippen LogP contribution in [0.5, 0.6) is 0 Å². The van der Waals surface area contributed by atoms with E-state index < -0.39 is 5.91 Å². The van der Waals surface area contributed by atoms with E-state index in [-0.39, 0.29) is 0 Å². The number of hydrogen-bond acceptors (Lipinski definition) is 4. The van der Waals surface area contributed by atoms with Crippen LogP contribution in [0, 0.1) is 0 Å². The molecule has 0 atom stereocenters. The maximum Gasteiger partial charge on any atom is 0.248 e. The molecule has 1 aliphatic carbocycles. The molecule has 1 aromatic heterocycles. The normalized spacial score (nSPS) is 14.2. The molecule has 1 aliphatic rings. The van der Waals surface area contributed by atoms with Crippen molar-refractivity contribution >= 4 is 28.6 Å². The minimum Gasteiger partial charge on any atom is -0.397 e. The lowest BCUT2D eigenvalue weighted by molar-refractivity contribution is 0.100. The third kappa shape index (κ3) is 2.63. The summed E-state index contributed by atoms with van der Waals surface area (Å²) >= 11 is 1.70. The predicted octanol–water partition coefficient (Wildman–Crippen LogP) is 2.60. The van der Waals surface area contributed by atoms with Gasteiger partial charge in [-0.1, -0.05) is 0 Å². The second-order valence-electron chi connectivity index (χ2n) is 5.13. The number of amides is 1. The van der Waals surface area contributed by atoms with Crippen LogP contribution in [0.2, 0.25) is 0 Å². The highest BCUT2D eigenvalue weighted by Crippen LogP contribution is 2.36. The van der Waals surface area contributed by atoms with Gasteiger partial charge in [-0.25, -0.2) is 0 Å². The number of anilines is 2. The summed E-state index contributed by atoms with van der Waals surface area (Å²) in [4.78, 5) is 13.5. The van der Waals surface area contributed by atoms with E-state index in [0.717, 1.165) is 12.2 Å². The Kier molecular flexibility index (Phi) is 3.36.